The molecular weight excluding hydrogens is 318 g/mol. The zero-order valence-corrected chi connectivity index (χ0v) is 12.4. The summed E-state index contributed by atoms with van der Waals surface area (Å²) in [5.74, 6) is -0.0932. The van der Waals surface area contributed by atoms with Crippen LogP contribution >= 0.6 is 27.5 Å². The number of ether oxygens (including phenoxy) is 1. The summed E-state index contributed by atoms with van der Waals surface area (Å²) in [5.41, 5.74) is 0.572. The van der Waals surface area contributed by atoms with E-state index in [0.717, 1.165) is 23.9 Å². The van der Waals surface area contributed by atoms with Crippen LogP contribution in [0.15, 0.2) is 22.7 Å². The zero-order valence-electron chi connectivity index (χ0n) is 10.1. The van der Waals surface area contributed by atoms with Gasteiger partial charge in [0.15, 0.2) is 0 Å². The van der Waals surface area contributed by atoms with Gasteiger partial charge in [0.05, 0.1) is 11.7 Å². The number of carbonyl (C=O) groups is 1. The van der Waals surface area contributed by atoms with E-state index in [1.807, 2.05) is 6.92 Å². The first-order valence-corrected chi connectivity index (χ1v) is 7.14. The van der Waals surface area contributed by atoms with Crippen LogP contribution in [-0.4, -0.2) is 24.7 Å². The lowest BCUT2D eigenvalue weighted by Crippen LogP contribution is -2.47. The van der Waals surface area contributed by atoms with Gasteiger partial charge in [0, 0.05) is 22.1 Å². The predicted octanol–water partition coefficient (Wildman–Crippen LogP) is 3.40. The maximum Gasteiger partial charge on any atom is 0.252 e. The summed E-state index contributed by atoms with van der Waals surface area (Å²) < 4.78 is 6.21. The Bertz CT molecular complexity index is 447. The maximum absolute atomic E-state index is 12.0. The van der Waals surface area contributed by atoms with Crippen LogP contribution in [-0.2, 0) is 4.74 Å². The van der Waals surface area contributed by atoms with Gasteiger partial charge in [-0.15, -0.1) is 0 Å². The highest BCUT2D eigenvalue weighted by atomic mass is 79.9. The monoisotopic (exact) mass is 331 g/mol. The molecule has 1 fully saturated rings. The third-order valence-corrected chi connectivity index (χ3v) is 3.93. The number of rotatable bonds is 4. The molecule has 1 aromatic rings. The lowest BCUT2D eigenvalue weighted by molar-refractivity contribution is -0.00863. The summed E-state index contributed by atoms with van der Waals surface area (Å²) in [6.45, 7) is 2.71. The summed E-state index contributed by atoms with van der Waals surface area (Å²) >= 11 is 9.24. The fraction of sp³-hybridized carbons (Fsp3) is 0.462. The lowest BCUT2D eigenvalue weighted by atomic mass is 9.89. The van der Waals surface area contributed by atoms with Gasteiger partial charge in [-0.1, -0.05) is 11.6 Å². The van der Waals surface area contributed by atoms with Crippen LogP contribution in [0.4, 0.5) is 0 Å². The zero-order chi connectivity index (χ0) is 13.1. The first-order valence-electron chi connectivity index (χ1n) is 5.97. The first-order chi connectivity index (χ1) is 8.60. The van der Waals surface area contributed by atoms with Crippen LogP contribution in [0.25, 0.3) is 0 Å². The van der Waals surface area contributed by atoms with Crippen LogP contribution in [0.3, 0.4) is 0 Å². The van der Waals surface area contributed by atoms with E-state index >= 15 is 0 Å². The Morgan fingerprint density at radius 2 is 2.28 bits per heavy atom. The van der Waals surface area contributed by atoms with Crippen molar-refractivity contribution < 1.29 is 9.53 Å². The molecule has 1 N–H and O–H groups in total. The van der Waals surface area contributed by atoms with Crippen molar-refractivity contribution in [2.75, 3.05) is 6.61 Å². The van der Waals surface area contributed by atoms with Gasteiger partial charge in [-0.2, -0.15) is 0 Å². The molecule has 0 saturated heterocycles. The number of halogens is 2. The molecule has 2 rings (SSSR count). The first kappa shape index (κ1) is 13.8. The number of nitrogens with one attached hydrogen (secondary N) is 1. The van der Waals surface area contributed by atoms with E-state index in [1.165, 1.54) is 0 Å². The fourth-order valence-electron chi connectivity index (χ4n) is 1.99. The van der Waals surface area contributed by atoms with Gasteiger partial charge in [-0.05, 0) is 53.9 Å². The molecule has 0 aromatic heterocycles. The molecular formula is C13H15BrClNO2. The second-order valence-corrected chi connectivity index (χ2v) is 5.63. The summed E-state index contributed by atoms with van der Waals surface area (Å²) in [7, 11) is 0. The molecule has 0 atom stereocenters. The molecule has 1 amide bonds. The average Bonchev–Trinajstić information content (AvgIpc) is 2.29. The number of benzene rings is 1. The Kier molecular flexibility index (Phi) is 4.65. The van der Waals surface area contributed by atoms with E-state index in [9.17, 15) is 4.79 Å². The van der Waals surface area contributed by atoms with E-state index in [-0.39, 0.29) is 11.9 Å². The molecule has 0 radical (unpaired) electrons. The number of amides is 1. The predicted molar refractivity (Wildman–Crippen MR) is 75.1 cm³/mol. The van der Waals surface area contributed by atoms with E-state index in [4.69, 9.17) is 16.3 Å². The van der Waals surface area contributed by atoms with Crippen LogP contribution in [0.1, 0.15) is 30.1 Å². The molecule has 1 aromatic carbocycles. The summed E-state index contributed by atoms with van der Waals surface area (Å²) in [4.78, 5) is 12.0. The largest absolute Gasteiger partial charge is 0.378 e. The van der Waals surface area contributed by atoms with Gasteiger partial charge >= 0.3 is 0 Å². The van der Waals surface area contributed by atoms with Crippen molar-refractivity contribution >= 4 is 33.4 Å². The Hall–Kier alpha value is -0.580. The highest BCUT2D eigenvalue weighted by Crippen LogP contribution is 2.25. The highest BCUT2D eigenvalue weighted by Gasteiger charge is 2.31. The van der Waals surface area contributed by atoms with E-state index in [0.29, 0.717) is 16.7 Å². The number of hydrogen-bond acceptors (Lipinski definition) is 2. The van der Waals surface area contributed by atoms with Crippen molar-refractivity contribution in [1.82, 2.24) is 5.32 Å². The second-order valence-electron chi connectivity index (χ2n) is 4.34. The molecule has 5 heteroatoms. The highest BCUT2D eigenvalue weighted by molar-refractivity contribution is 9.10. The molecule has 0 spiro atoms. The molecule has 1 aliphatic rings. The molecule has 0 heterocycles. The third kappa shape index (κ3) is 3.25. The standard InChI is InChI=1S/C13H15BrClNO2/c1-2-18-10-6-9(7-10)16-13(17)11-5-8(15)3-4-12(11)14/h3-5,9-10H,2,6-7H2,1H3,(H,16,17). The molecule has 3 nitrogen and oxygen atoms in total. The van der Waals surface area contributed by atoms with Gasteiger partial charge in [0.1, 0.15) is 0 Å². The van der Waals surface area contributed by atoms with Crippen LogP contribution in [0.2, 0.25) is 5.02 Å². The molecule has 0 unspecified atom stereocenters. The van der Waals surface area contributed by atoms with Gasteiger partial charge in [0.25, 0.3) is 5.91 Å². The number of hydrogen-bond donors (Lipinski definition) is 1. The quantitative estimate of drug-likeness (QED) is 0.917. The van der Waals surface area contributed by atoms with Crippen LogP contribution < -0.4 is 5.32 Å². The van der Waals surface area contributed by atoms with E-state index in [1.54, 1.807) is 18.2 Å². The molecule has 1 saturated carbocycles. The van der Waals surface area contributed by atoms with Crippen molar-refractivity contribution in [3.63, 3.8) is 0 Å². The SMILES string of the molecule is CCOC1CC(NC(=O)c2cc(Cl)ccc2Br)C1. The summed E-state index contributed by atoms with van der Waals surface area (Å²) in [6, 6.07) is 5.40. The van der Waals surface area contributed by atoms with Crippen molar-refractivity contribution in [3.05, 3.63) is 33.3 Å². The van der Waals surface area contributed by atoms with Gasteiger partial charge in [-0.25, -0.2) is 0 Å². The Morgan fingerprint density at radius 3 is 2.94 bits per heavy atom. The minimum absolute atomic E-state index is 0.0932. The van der Waals surface area contributed by atoms with E-state index < -0.39 is 0 Å². The van der Waals surface area contributed by atoms with Gasteiger partial charge < -0.3 is 10.1 Å². The molecule has 98 valence electrons. The fourth-order valence-corrected chi connectivity index (χ4v) is 2.59. The Balaban J connectivity index is 1.91. The lowest BCUT2D eigenvalue weighted by Gasteiger charge is -2.35. The maximum atomic E-state index is 12.0. The molecule has 0 aliphatic heterocycles. The van der Waals surface area contributed by atoms with Crippen molar-refractivity contribution in [3.8, 4) is 0 Å². The van der Waals surface area contributed by atoms with Crippen molar-refractivity contribution in [2.45, 2.75) is 31.9 Å². The number of carbonyl (C=O) groups excluding carboxylic acids is 1. The van der Waals surface area contributed by atoms with Crippen molar-refractivity contribution in [2.24, 2.45) is 0 Å². The molecule has 1 aliphatic carbocycles. The molecule has 0 bridgehead atoms. The minimum Gasteiger partial charge on any atom is -0.378 e. The van der Waals surface area contributed by atoms with Gasteiger partial charge in [0.2, 0.25) is 0 Å². The summed E-state index contributed by atoms with van der Waals surface area (Å²) in [6.07, 6.45) is 2.07. The van der Waals surface area contributed by atoms with Crippen LogP contribution in [0, 0.1) is 0 Å². The normalized spacial score (nSPS) is 22.4. The van der Waals surface area contributed by atoms with Crippen LogP contribution in [0.5, 0.6) is 0 Å². The molecule has 18 heavy (non-hydrogen) atoms. The second kappa shape index (κ2) is 6.04. The van der Waals surface area contributed by atoms with Gasteiger partial charge in [-0.3, -0.25) is 4.79 Å². The summed E-state index contributed by atoms with van der Waals surface area (Å²) in [5, 5.41) is 3.54. The van der Waals surface area contributed by atoms with Crippen molar-refractivity contribution in [1.29, 1.82) is 0 Å². The third-order valence-electron chi connectivity index (χ3n) is 3.01. The topological polar surface area (TPSA) is 38.3 Å². The minimum atomic E-state index is -0.0932. The Labute approximate surface area is 120 Å². The van der Waals surface area contributed by atoms with E-state index in [2.05, 4.69) is 21.2 Å². The average molecular weight is 333 g/mol. The smallest absolute Gasteiger partial charge is 0.252 e. The Morgan fingerprint density at radius 1 is 1.56 bits per heavy atom.